The van der Waals surface area contributed by atoms with E-state index in [-0.39, 0.29) is 11.6 Å². The number of carbonyl (C=O) groups excluding carboxylic acids is 1. The van der Waals surface area contributed by atoms with Gasteiger partial charge in [-0.2, -0.15) is 0 Å². The van der Waals surface area contributed by atoms with Crippen molar-refractivity contribution >= 4 is 11.6 Å². The first-order valence-electron chi connectivity index (χ1n) is 10.2. The molecule has 31 heavy (non-hydrogen) atoms. The second-order valence-corrected chi connectivity index (χ2v) is 8.60. The zero-order valence-electron chi connectivity index (χ0n) is 17.4. The number of benzene rings is 2. The first-order chi connectivity index (χ1) is 14.7. The van der Waals surface area contributed by atoms with E-state index >= 15 is 0 Å². The van der Waals surface area contributed by atoms with Gasteiger partial charge in [0.05, 0.1) is 17.3 Å². The number of rotatable bonds is 3. The summed E-state index contributed by atoms with van der Waals surface area (Å²) < 4.78 is 6.05. The lowest BCUT2D eigenvalue weighted by molar-refractivity contribution is -0.0867. The molecule has 0 saturated heterocycles. The monoisotopic (exact) mass is 418 g/mol. The standard InChI is InChI=1S/C24H22N2O5/c1-24(2)22(29)19(26-11-13-6-4-5-7-14(13)23(26)30)15-10-12(8-9-16(15)31-24)17-18(25-3)21(28)20(17)27/h4-10,19,22,25,29H,11H2,1-3H3. The van der Waals surface area contributed by atoms with Crippen LogP contribution in [0.4, 0.5) is 5.69 Å². The summed E-state index contributed by atoms with van der Waals surface area (Å²) in [5.74, 6) is 0.385. The summed E-state index contributed by atoms with van der Waals surface area (Å²) in [6, 6.07) is 11.9. The van der Waals surface area contributed by atoms with Gasteiger partial charge in [0.15, 0.2) is 0 Å². The van der Waals surface area contributed by atoms with Crippen LogP contribution in [0, 0.1) is 0 Å². The van der Waals surface area contributed by atoms with Gasteiger partial charge in [0.2, 0.25) is 10.9 Å². The highest BCUT2D eigenvalue weighted by molar-refractivity contribution is 5.98. The Bertz CT molecular complexity index is 1300. The predicted octanol–water partition coefficient (Wildman–Crippen LogP) is 2.22. The summed E-state index contributed by atoms with van der Waals surface area (Å²) in [6.07, 6.45) is -0.995. The molecule has 0 bridgehead atoms. The molecular weight excluding hydrogens is 396 g/mol. The Morgan fingerprint density at radius 2 is 1.84 bits per heavy atom. The van der Waals surface area contributed by atoms with Gasteiger partial charge < -0.3 is 20.1 Å². The zero-order valence-corrected chi connectivity index (χ0v) is 17.4. The number of aliphatic hydroxyl groups excluding tert-OH is 1. The van der Waals surface area contributed by atoms with E-state index < -0.39 is 28.6 Å². The molecule has 2 heterocycles. The lowest BCUT2D eigenvalue weighted by Crippen LogP contribution is -2.53. The second kappa shape index (κ2) is 6.52. The Kier molecular flexibility index (Phi) is 4.10. The summed E-state index contributed by atoms with van der Waals surface area (Å²) >= 11 is 0. The number of nitrogens with one attached hydrogen (secondary N) is 1. The smallest absolute Gasteiger partial charge is 0.255 e. The van der Waals surface area contributed by atoms with Gasteiger partial charge in [0.25, 0.3) is 5.91 Å². The molecule has 3 aromatic rings. The number of fused-ring (bicyclic) bond motifs is 2. The quantitative estimate of drug-likeness (QED) is 0.634. The van der Waals surface area contributed by atoms with Crippen molar-refractivity contribution in [2.75, 3.05) is 12.4 Å². The highest BCUT2D eigenvalue weighted by Gasteiger charge is 2.48. The van der Waals surface area contributed by atoms with E-state index in [2.05, 4.69) is 5.32 Å². The van der Waals surface area contributed by atoms with Gasteiger partial charge in [-0.3, -0.25) is 14.4 Å². The molecular formula is C24H22N2O5. The molecule has 0 spiro atoms. The fraction of sp³-hybridized carbons (Fsp3) is 0.292. The van der Waals surface area contributed by atoms with E-state index in [4.69, 9.17) is 4.74 Å². The SMILES string of the molecule is CNc1c(-c2ccc3c(c2)C(N2Cc4ccccc4C2=O)C(O)C(C)(C)O3)c(=O)c1=O. The number of ether oxygens (including phenoxy) is 1. The minimum atomic E-state index is -0.995. The summed E-state index contributed by atoms with van der Waals surface area (Å²) in [4.78, 5) is 38.9. The molecule has 2 aliphatic heterocycles. The van der Waals surface area contributed by atoms with Gasteiger partial charge in [-0.25, -0.2) is 0 Å². The molecule has 158 valence electrons. The lowest BCUT2D eigenvalue weighted by atomic mass is 9.84. The Hall–Kier alpha value is -3.45. The molecule has 2 N–H and O–H groups in total. The van der Waals surface area contributed by atoms with Crippen molar-refractivity contribution in [3.63, 3.8) is 0 Å². The van der Waals surface area contributed by atoms with Crippen LogP contribution in [-0.4, -0.2) is 34.7 Å². The second-order valence-electron chi connectivity index (χ2n) is 8.60. The summed E-state index contributed by atoms with van der Waals surface area (Å²) in [6.45, 7) is 3.94. The van der Waals surface area contributed by atoms with E-state index in [1.54, 1.807) is 50.1 Å². The zero-order chi connectivity index (χ0) is 22.1. The molecule has 2 unspecified atom stereocenters. The normalized spacial score (nSPS) is 21.5. The fourth-order valence-electron chi connectivity index (χ4n) is 4.67. The van der Waals surface area contributed by atoms with Crippen LogP contribution in [0.15, 0.2) is 52.1 Å². The number of hydrogen-bond donors (Lipinski definition) is 2. The Morgan fingerprint density at radius 3 is 2.55 bits per heavy atom. The average molecular weight is 418 g/mol. The van der Waals surface area contributed by atoms with E-state index in [0.29, 0.717) is 34.5 Å². The van der Waals surface area contributed by atoms with Crippen LogP contribution < -0.4 is 20.9 Å². The van der Waals surface area contributed by atoms with E-state index in [0.717, 1.165) is 5.56 Å². The van der Waals surface area contributed by atoms with Crippen molar-refractivity contribution in [3.8, 4) is 16.9 Å². The Morgan fingerprint density at radius 1 is 1.10 bits per heavy atom. The molecule has 0 fully saturated rings. The minimum absolute atomic E-state index is 0.154. The molecule has 7 heteroatoms. The Labute approximate surface area is 178 Å². The summed E-state index contributed by atoms with van der Waals surface area (Å²) in [7, 11) is 1.59. The van der Waals surface area contributed by atoms with Crippen LogP contribution in [0.25, 0.3) is 11.1 Å². The fourth-order valence-corrected chi connectivity index (χ4v) is 4.67. The van der Waals surface area contributed by atoms with Gasteiger partial charge in [0, 0.05) is 24.7 Å². The van der Waals surface area contributed by atoms with Gasteiger partial charge in [-0.15, -0.1) is 0 Å². The number of amides is 1. The first-order valence-corrected chi connectivity index (χ1v) is 10.2. The van der Waals surface area contributed by atoms with Crippen LogP contribution in [-0.2, 0) is 6.54 Å². The van der Waals surface area contributed by atoms with Crippen LogP contribution in [0.2, 0.25) is 0 Å². The van der Waals surface area contributed by atoms with E-state index in [9.17, 15) is 19.5 Å². The minimum Gasteiger partial charge on any atom is -0.485 e. The molecule has 0 aromatic heterocycles. The summed E-state index contributed by atoms with van der Waals surface area (Å²) in [5.41, 5.74) is 1.24. The van der Waals surface area contributed by atoms with E-state index in [1.807, 2.05) is 18.2 Å². The largest absolute Gasteiger partial charge is 0.485 e. The van der Waals surface area contributed by atoms with Crippen molar-refractivity contribution in [3.05, 3.63) is 79.6 Å². The van der Waals surface area contributed by atoms with Gasteiger partial charge in [-0.05, 0) is 43.2 Å². The third-order valence-electron chi connectivity index (χ3n) is 6.35. The number of nitrogens with zero attached hydrogens (tertiary/aromatic N) is 1. The van der Waals surface area contributed by atoms with Crippen LogP contribution in [0.1, 0.15) is 41.4 Å². The molecule has 2 atom stereocenters. The molecule has 5 rings (SSSR count). The maximum atomic E-state index is 13.2. The molecule has 0 radical (unpaired) electrons. The average Bonchev–Trinajstić information content (AvgIpc) is 3.08. The maximum Gasteiger partial charge on any atom is 0.255 e. The van der Waals surface area contributed by atoms with Crippen LogP contribution >= 0.6 is 0 Å². The molecule has 3 aromatic carbocycles. The third-order valence-corrected chi connectivity index (χ3v) is 6.35. The van der Waals surface area contributed by atoms with Crippen molar-refractivity contribution in [1.29, 1.82) is 0 Å². The van der Waals surface area contributed by atoms with Gasteiger partial charge in [-0.1, -0.05) is 24.3 Å². The highest BCUT2D eigenvalue weighted by atomic mass is 16.5. The number of anilines is 1. The van der Waals surface area contributed by atoms with Crippen LogP contribution in [0.5, 0.6) is 5.75 Å². The third kappa shape index (κ3) is 2.66. The molecule has 2 aliphatic rings. The number of hydrogen-bond acceptors (Lipinski definition) is 6. The first kappa shape index (κ1) is 19.5. The topological polar surface area (TPSA) is 95.9 Å². The molecule has 0 saturated carbocycles. The van der Waals surface area contributed by atoms with Crippen molar-refractivity contribution < 1.29 is 14.6 Å². The lowest BCUT2D eigenvalue weighted by Gasteiger charge is -2.45. The van der Waals surface area contributed by atoms with Gasteiger partial charge >= 0.3 is 0 Å². The summed E-state index contributed by atoms with van der Waals surface area (Å²) in [5, 5.41) is 14.0. The number of aliphatic hydroxyl groups is 1. The molecule has 7 nitrogen and oxygen atoms in total. The Balaban J connectivity index is 1.65. The van der Waals surface area contributed by atoms with Gasteiger partial charge in [0.1, 0.15) is 17.5 Å². The van der Waals surface area contributed by atoms with Crippen LogP contribution in [0.3, 0.4) is 0 Å². The van der Waals surface area contributed by atoms with Crippen molar-refractivity contribution in [1.82, 2.24) is 4.90 Å². The van der Waals surface area contributed by atoms with Crippen molar-refractivity contribution in [2.24, 2.45) is 0 Å². The molecule has 0 aliphatic carbocycles. The predicted molar refractivity (Wildman–Crippen MR) is 116 cm³/mol. The number of carbonyl (C=O) groups is 1. The van der Waals surface area contributed by atoms with E-state index in [1.165, 1.54) is 0 Å². The van der Waals surface area contributed by atoms with Crippen molar-refractivity contribution in [2.45, 2.75) is 38.1 Å². The highest BCUT2D eigenvalue weighted by Crippen LogP contribution is 2.46. The molecule has 1 amide bonds. The maximum absolute atomic E-state index is 13.2.